The lowest BCUT2D eigenvalue weighted by atomic mass is 10.2. The van der Waals surface area contributed by atoms with Crippen molar-refractivity contribution in [2.75, 3.05) is 7.11 Å². The number of ether oxygens (including phenoxy) is 1. The van der Waals surface area contributed by atoms with Gasteiger partial charge in [0.05, 0.1) is 7.11 Å². The summed E-state index contributed by atoms with van der Waals surface area (Å²) in [6.45, 7) is 0. The highest BCUT2D eigenvalue weighted by Crippen LogP contribution is 2.09. The fourth-order valence-electron chi connectivity index (χ4n) is 0.842. The first-order valence-electron chi connectivity index (χ1n) is 3.57. The van der Waals surface area contributed by atoms with E-state index in [1.54, 1.807) is 24.4 Å². The summed E-state index contributed by atoms with van der Waals surface area (Å²) in [6, 6.07) is 0. The molecule has 0 aromatic carbocycles. The molecule has 0 aliphatic carbocycles. The average molecular weight is 178 g/mol. The molecular formula is C8H8N3O2+. The second kappa shape index (κ2) is 4.07. The van der Waals surface area contributed by atoms with Crippen LogP contribution in [0.2, 0.25) is 0 Å². The Bertz CT molecular complexity index is 347. The first-order valence-corrected chi connectivity index (χ1v) is 3.57. The predicted molar refractivity (Wildman–Crippen MR) is 45.5 cm³/mol. The fraction of sp³-hybridized carbons (Fsp3) is 0.125. The van der Waals surface area contributed by atoms with Crippen LogP contribution in [-0.4, -0.2) is 13.1 Å². The van der Waals surface area contributed by atoms with E-state index in [4.69, 9.17) is 5.39 Å². The van der Waals surface area contributed by atoms with Gasteiger partial charge in [0.25, 0.3) is 0 Å². The maximum Gasteiger partial charge on any atom is 0.491 e. The number of hydrogen-bond donors (Lipinski definition) is 1. The molecule has 0 bridgehead atoms. The number of carbonyl (C=O) groups excluding carboxylic acids is 1. The summed E-state index contributed by atoms with van der Waals surface area (Å²) < 4.78 is 4.41. The number of dihydropyridines is 1. The summed E-state index contributed by atoms with van der Waals surface area (Å²) in [5, 5.41) is 11.3. The molecular weight excluding hydrogens is 170 g/mol. The first-order chi connectivity index (χ1) is 6.29. The maximum absolute atomic E-state index is 11.0. The standard InChI is InChI=1S/C8H7N3O2/c1-13-8(12)7(11-9)6-4-2-3-5-10-6/h2-5H,1H3/p+1. The van der Waals surface area contributed by atoms with Crippen LogP contribution in [-0.2, 0) is 9.53 Å². The van der Waals surface area contributed by atoms with E-state index in [1.807, 2.05) is 0 Å². The molecule has 0 amide bonds. The molecule has 0 aromatic heterocycles. The van der Waals surface area contributed by atoms with Gasteiger partial charge in [-0.2, -0.15) is 0 Å². The van der Waals surface area contributed by atoms with Crippen molar-refractivity contribution in [3.8, 4) is 0 Å². The zero-order valence-electron chi connectivity index (χ0n) is 7.02. The molecule has 0 saturated carbocycles. The molecule has 5 heteroatoms. The average Bonchev–Trinajstić information content (AvgIpc) is 2.20. The Balaban J connectivity index is 3.00. The van der Waals surface area contributed by atoms with Gasteiger partial charge in [0, 0.05) is 6.20 Å². The van der Waals surface area contributed by atoms with Crippen molar-refractivity contribution in [2.24, 2.45) is 0 Å². The molecule has 0 fully saturated rings. The first kappa shape index (κ1) is 9.00. The summed E-state index contributed by atoms with van der Waals surface area (Å²) in [4.78, 5) is 13.9. The Morgan fingerprint density at radius 2 is 2.38 bits per heavy atom. The van der Waals surface area contributed by atoms with E-state index in [0.717, 1.165) is 0 Å². The van der Waals surface area contributed by atoms with Crippen LogP contribution in [0.3, 0.4) is 0 Å². The van der Waals surface area contributed by atoms with Gasteiger partial charge < -0.3 is 10.1 Å². The fourth-order valence-corrected chi connectivity index (χ4v) is 0.842. The quantitative estimate of drug-likeness (QED) is 0.368. The molecule has 0 radical (unpaired) electrons. The van der Waals surface area contributed by atoms with E-state index in [0.29, 0.717) is 5.70 Å². The number of nitrogens with zero attached hydrogens (tertiary/aromatic N) is 2. The molecule has 66 valence electrons. The number of carbonyl (C=O) groups is 1. The number of rotatable bonds is 1. The van der Waals surface area contributed by atoms with Crippen molar-refractivity contribution >= 4 is 5.97 Å². The lowest BCUT2D eigenvalue weighted by Crippen LogP contribution is -2.13. The zero-order chi connectivity index (χ0) is 9.68. The van der Waals surface area contributed by atoms with Gasteiger partial charge in [-0.1, -0.05) is 6.08 Å². The highest BCUT2D eigenvalue weighted by molar-refractivity contribution is 5.91. The lowest BCUT2D eigenvalue weighted by Gasteiger charge is -2.00. The minimum Gasteiger partial charge on any atom is -0.460 e. The molecule has 1 rings (SSSR count). The molecule has 0 spiro atoms. The van der Waals surface area contributed by atoms with Crippen LogP contribution >= 0.6 is 0 Å². The van der Waals surface area contributed by atoms with Crippen molar-refractivity contribution in [1.82, 2.24) is 5.32 Å². The molecule has 1 heterocycles. The molecule has 1 N–H and O–H groups in total. The van der Waals surface area contributed by atoms with Gasteiger partial charge >= 0.3 is 11.7 Å². The molecule has 13 heavy (non-hydrogen) atoms. The van der Waals surface area contributed by atoms with Gasteiger partial charge in [-0.25, -0.2) is 4.79 Å². The minimum absolute atomic E-state index is 0.150. The molecule has 5 nitrogen and oxygen atoms in total. The topological polar surface area (TPSA) is 66.5 Å². The van der Waals surface area contributed by atoms with Crippen LogP contribution < -0.4 is 5.32 Å². The Hall–Kier alpha value is -2.09. The maximum atomic E-state index is 11.0. The smallest absolute Gasteiger partial charge is 0.460 e. The number of allylic oxidation sites excluding steroid dienone is 3. The second-order valence-corrected chi connectivity index (χ2v) is 2.22. The summed E-state index contributed by atoms with van der Waals surface area (Å²) in [6.07, 6.45) is 6.67. The van der Waals surface area contributed by atoms with Crippen molar-refractivity contribution in [2.45, 2.75) is 0 Å². The van der Waals surface area contributed by atoms with E-state index in [1.165, 1.54) is 7.11 Å². The van der Waals surface area contributed by atoms with Crippen LogP contribution in [0, 0.1) is 5.39 Å². The molecule has 0 unspecified atom stereocenters. The zero-order valence-corrected chi connectivity index (χ0v) is 7.02. The summed E-state index contributed by atoms with van der Waals surface area (Å²) >= 11 is 0. The number of nitrogens with one attached hydrogen (secondary N) is 1. The lowest BCUT2D eigenvalue weighted by molar-refractivity contribution is -0.135. The number of diazo groups is 1. The Morgan fingerprint density at radius 3 is 2.85 bits per heavy atom. The molecule has 1 aliphatic heterocycles. The largest absolute Gasteiger partial charge is 0.491 e. The monoisotopic (exact) mass is 178 g/mol. The van der Waals surface area contributed by atoms with Gasteiger partial charge in [-0.3, -0.25) is 0 Å². The van der Waals surface area contributed by atoms with E-state index in [2.05, 4.69) is 15.0 Å². The highest BCUT2D eigenvalue weighted by Gasteiger charge is 2.28. The number of esters is 1. The Kier molecular flexibility index (Phi) is 2.82. The normalized spacial score (nSPS) is 17.2. The van der Waals surface area contributed by atoms with Crippen LogP contribution in [0.5, 0.6) is 0 Å². The third-order valence-electron chi connectivity index (χ3n) is 1.44. The summed E-state index contributed by atoms with van der Waals surface area (Å²) in [5.74, 6) is -0.690. The van der Waals surface area contributed by atoms with Crippen LogP contribution in [0.4, 0.5) is 0 Å². The minimum atomic E-state index is -0.690. The summed E-state index contributed by atoms with van der Waals surface area (Å²) in [5.41, 5.74) is 0.250. The summed E-state index contributed by atoms with van der Waals surface area (Å²) in [7, 11) is 1.22. The van der Waals surface area contributed by atoms with Gasteiger partial charge in [0.15, 0.2) is 4.98 Å². The van der Waals surface area contributed by atoms with Crippen molar-refractivity contribution < 1.29 is 9.53 Å². The van der Waals surface area contributed by atoms with E-state index < -0.39 is 5.97 Å². The van der Waals surface area contributed by atoms with Crippen LogP contribution in [0.1, 0.15) is 0 Å². The van der Waals surface area contributed by atoms with Crippen molar-refractivity contribution in [3.05, 3.63) is 40.8 Å². The third kappa shape index (κ3) is 1.93. The van der Waals surface area contributed by atoms with E-state index in [9.17, 15) is 4.79 Å². The highest BCUT2D eigenvalue weighted by atomic mass is 16.5. The van der Waals surface area contributed by atoms with E-state index >= 15 is 0 Å². The number of methoxy groups -OCH3 is 1. The second-order valence-electron chi connectivity index (χ2n) is 2.22. The van der Waals surface area contributed by atoms with Gasteiger partial charge in [0.2, 0.25) is 5.39 Å². The third-order valence-corrected chi connectivity index (χ3v) is 1.44. The van der Waals surface area contributed by atoms with Gasteiger partial charge in [-0.05, 0) is 12.2 Å². The number of hydrogen-bond acceptors (Lipinski definition) is 4. The molecule has 0 aromatic rings. The van der Waals surface area contributed by atoms with Crippen molar-refractivity contribution in [1.29, 1.82) is 5.39 Å². The van der Waals surface area contributed by atoms with E-state index in [-0.39, 0.29) is 5.70 Å². The van der Waals surface area contributed by atoms with Crippen LogP contribution in [0.25, 0.3) is 4.98 Å². The van der Waals surface area contributed by atoms with Gasteiger partial charge in [0.1, 0.15) is 5.70 Å². The van der Waals surface area contributed by atoms with Gasteiger partial charge in [-0.15, -0.1) is 0 Å². The Morgan fingerprint density at radius 1 is 1.62 bits per heavy atom. The Labute approximate surface area is 75.0 Å². The molecule has 1 aliphatic rings. The van der Waals surface area contributed by atoms with Crippen molar-refractivity contribution in [3.63, 3.8) is 0 Å². The molecule has 0 saturated heterocycles. The predicted octanol–water partition coefficient (Wildman–Crippen LogP) is 0.897. The molecule has 0 atom stereocenters. The SMILES string of the molecule is COC(=O)C([N+]#N)=C1C=CC=CN1. The van der Waals surface area contributed by atoms with Crippen LogP contribution in [0.15, 0.2) is 35.8 Å².